The summed E-state index contributed by atoms with van der Waals surface area (Å²) >= 11 is 5.90. The van der Waals surface area contributed by atoms with E-state index < -0.39 is 0 Å². The normalized spacial score (nSPS) is 12.3. The maximum atomic E-state index is 11.2. The Morgan fingerprint density at radius 1 is 1.53 bits per heavy atom. The van der Waals surface area contributed by atoms with Gasteiger partial charge in [-0.05, 0) is 37.1 Å². The van der Waals surface area contributed by atoms with Gasteiger partial charge in [-0.2, -0.15) is 0 Å². The summed E-state index contributed by atoms with van der Waals surface area (Å²) in [5.41, 5.74) is 0.979. The highest BCUT2D eigenvalue weighted by atomic mass is 35.5. The van der Waals surface area contributed by atoms with Crippen LogP contribution in [0.1, 0.15) is 19.4 Å². The third-order valence-corrected chi connectivity index (χ3v) is 2.70. The molecule has 15 heavy (non-hydrogen) atoms. The molecule has 1 unspecified atom stereocenters. The zero-order chi connectivity index (χ0) is 11.4. The number of benzene rings is 1. The van der Waals surface area contributed by atoms with Crippen LogP contribution in [0, 0.1) is 5.92 Å². The molecular weight excluding hydrogens is 212 g/mol. The van der Waals surface area contributed by atoms with Crippen LogP contribution in [0.5, 0.6) is 5.75 Å². The lowest BCUT2D eigenvalue weighted by Crippen LogP contribution is -2.10. The van der Waals surface area contributed by atoms with Crippen molar-refractivity contribution in [2.45, 2.75) is 20.3 Å². The fraction of sp³-hybridized carbons (Fsp3) is 0.417. The van der Waals surface area contributed by atoms with Gasteiger partial charge in [0.25, 0.3) is 0 Å². The molecule has 1 aromatic rings. The number of hydrogen-bond acceptors (Lipinski definition) is 2. The van der Waals surface area contributed by atoms with Crippen molar-refractivity contribution in [1.29, 1.82) is 0 Å². The van der Waals surface area contributed by atoms with Gasteiger partial charge >= 0.3 is 0 Å². The standard InChI is InChI=1S/C12H15ClO2/c1-8(9(2)14)6-10-7-11(13)4-5-12(10)15-3/h4-5,7-8H,6H2,1-3H3. The number of Topliss-reactive ketones (excluding diaryl/α,β-unsaturated/α-hetero) is 1. The van der Waals surface area contributed by atoms with Crippen LogP contribution in [-0.2, 0) is 11.2 Å². The molecule has 0 fully saturated rings. The number of rotatable bonds is 4. The molecule has 82 valence electrons. The molecular formula is C12H15ClO2. The summed E-state index contributed by atoms with van der Waals surface area (Å²) < 4.78 is 5.21. The Bertz CT molecular complexity index is 361. The Labute approximate surface area is 95.2 Å². The third kappa shape index (κ3) is 3.24. The summed E-state index contributed by atoms with van der Waals surface area (Å²) in [6.45, 7) is 3.50. The molecule has 0 heterocycles. The zero-order valence-electron chi connectivity index (χ0n) is 9.21. The second-order valence-electron chi connectivity index (χ2n) is 3.67. The van der Waals surface area contributed by atoms with Crippen molar-refractivity contribution in [1.82, 2.24) is 0 Å². The minimum absolute atomic E-state index is 0.00244. The molecule has 0 aliphatic carbocycles. The van der Waals surface area contributed by atoms with Gasteiger partial charge in [0.05, 0.1) is 7.11 Å². The van der Waals surface area contributed by atoms with Crippen molar-refractivity contribution < 1.29 is 9.53 Å². The van der Waals surface area contributed by atoms with E-state index in [1.807, 2.05) is 19.1 Å². The Morgan fingerprint density at radius 2 is 2.20 bits per heavy atom. The number of halogens is 1. The van der Waals surface area contributed by atoms with Crippen molar-refractivity contribution in [2.24, 2.45) is 5.92 Å². The van der Waals surface area contributed by atoms with E-state index >= 15 is 0 Å². The number of ketones is 1. The molecule has 0 saturated carbocycles. The molecule has 0 aromatic heterocycles. The summed E-state index contributed by atoms with van der Waals surface area (Å²) in [5.74, 6) is 0.960. The van der Waals surface area contributed by atoms with Gasteiger partial charge in [-0.15, -0.1) is 0 Å². The first-order valence-electron chi connectivity index (χ1n) is 4.87. The topological polar surface area (TPSA) is 26.3 Å². The van der Waals surface area contributed by atoms with Crippen molar-refractivity contribution in [3.63, 3.8) is 0 Å². The number of hydrogen-bond donors (Lipinski definition) is 0. The summed E-state index contributed by atoms with van der Waals surface area (Å²) in [6, 6.07) is 5.45. The van der Waals surface area contributed by atoms with Gasteiger partial charge < -0.3 is 4.74 Å². The highest BCUT2D eigenvalue weighted by Gasteiger charge is 2.12. The average Bonchev–Trinajstić information content (AvgIpc) is 2.18. The molecule has 0 aliphatic heterocycles. The second-order valence-corrected chi connectivity index (χ2v) is 4.11. The van der Waals surface area contributed by atoms with E-state index in [-0.39, 0.29) is 11.7 Å². The van der Waals surface area contributed by atoms with E-state index in [2.05, 4.69) is 0 Å². The highest BCUT2D eigenvalue weighted by Crippen LogP contribution is 2.25. The van der Waals surface area contributed by atoms with Gasteiger partial charge in [0, 0.05) is 10.9 Å². The molecule has 0 saturated heterocycles. The molecule has 0 spiro atoms. The van der Waals surface area contributed by atoms with Crippen LogP contribution in [0.25, 0.3) is 0 Å². The van der Waals surface area contributed by atoms with Crippen molar-refractivity contribution in [2.75, 3.05) is 7.11 Å². The fourth-order valence-electron chi connectivity index (χ4n) is 1.38. The monoisotopic (exact) mass is 226 g/mol. The van der Waals surface area contributed by atoms with Crippen LogP contribution in [0.2, 0.25) is 5.02 Å². The van der Waals surface area contributed by atoms with E-state index in [0.29, 0.717) is 11.4 Å². The first-order valence-corrected chi connectivity index (χ1v) is 5.25. The van der Waals surface area contributed by atoms with E-state index in [9.17, 15) is 4.79 Å². The molecule has 1 atom stereocenters. The summed E-state index contributed by atoms with van der Waals surface area (Å²) in [4.78, 5) is 11.2. The maximum absolute atomic E-state index is 11.2. The van der Waals surface area contributed by atoms with Gasteiger partial charge in [-0.25, -0.2) is 0 Å². The van der Waals surface area contributed by atoms with Crippen LogP contribution >= 0.6 is 11.6 Å². The fourth-order valence-corrected chi connectivity index (χ4v) is 1.57. The summed E-state index contributed by atoms with van der Waals surface area (Å²) in [7, 11) is 1.62. The number of ether oxygens (including phenoxy) is 1. The van der Waals surface area contributed by atoms with Crippen molar-refractivity contribution >= 4 is 17.4 Å². The number of carbonyl (C=O) groups excluding carboxylic acids is 1. The minimum Gasteiger partial charge on any atom is -0.496 e. The smallest absolute Gasteiger partial charge is 0.132 e. The van der Waals surface area contributed by atoms with Gasteiger partial charge in [0.15, 0.2) is 0 Å². The molecule has 0 aliphatic rings. The van der Waals surface area contributed by atoms with Crippen LogP contribution in [0.3, 0.4) is 0 Å². The Balaban J connectivity index is 2.91. The van der Waals surface area contributed by atoms with E-state index in [1.165, 1.54) is 0 Å². The minimum atomic E-state index is -0.00244. The van der Waals surface area contributed by atoms with Crippen LogP contribution < -0.4 is 4.74 Å². The first kappa shape index (κ1) is 12.1. The van der Waals surface area contributed by atoms with Crippen LogP contribution in [-0.4, -0.2) is 12.9 Å². The first-order chi connectivity index (χ1) is 7.04. The Hall–Kier alpha value is -1.02. The van der Waals surface area contributed by atoms with Gasteiger partial charge in [0.1, 0.15) is 11.5 Å². The number of methoxy groups -OCH3 is 1. The molecule has 0 radical (unpaired) electrons. The maximum Gasteiger partial charge on any atom is 0.132 e. The molecule has 0 N–H and O–H groups in total. The molecule has 2 nitrogen and oxygen atoms in total. The summed E-state index contributed by atoms with van der Waals surface area (Å²) in [6.07, 6.45) is 0.666. The van der Waals surface area contributed by atoms with Crippen LogP contribution in [0.15, 0.2) is 18.2 Å². The molecule has 0 bridgehead atoms. The van der Waals surface area contributed by atoms with Crippen molar-refractivity contribution in [3.8, 4) is 5.75 Å². The average molecular weight is 227 g/mol. The highest BCUT2D eigenvalue weighted by molar-refractivity contribution is 6.30. The largest absolute Gasteiger partial charge is 0.496 e. The Morgan fingerprint density at radius 3 is 2.73 bits per heavy atom. The molecule has 3 heteroatoms. The van der Waals surface area contributed by atoms with Crippen molar-refractivity contribution in [3.05, 3.63) is 28.8 Å². The number of carbonyl (C=O) groups is 1. The zero-order valence-corrected chi connectivity index (χ0v) is 9.97. The quantitative estimate of drug-likeness (QED) is 0.789. The SMILES string of the molecule is COc1ccc(Cl)cc1CC(C)C(C)=O. The van der Waals surface area contributed by atoms with Crippen LogP contribution in [0.4, 0.5) is 0 Å². The lowest BCUT2D eigenvalue weighted by Gasteiger charge is -2.12. The second kappa shape index (κ2) is 5.17. The molecule has 0 amide bonds. The molecule has 1 rings (SSSR count). The predicted molar refractivity (Wildman–Crippen MR) is 61.6 cm³/mol. The van der Waals surface area contributed by atoms with Gasteiger partial charge in [-0.3, -0.25) is 4.79 Å². The van der Waals surface area contributed by atoms with E-state index in [1.54, 1.807) is 20.1 Å². The lowest BCUT2D eigenvalue weighted by atomic mass is 9.97. The third-order valence-electron chi connectivity index (χ3n) is 2.46. The van der Waals surface area contributed by atoms with Gasteiger partial charge in [0.2, 0.25) is 0 Å². The Kier molecular flexibility index (Phi) is 4.15. The lowest BCUT2D eigenvalue weighted by molar-refractivity contribution is -0.120. The predicted octanol–water partition coefficient (Wildman–Crippen LogP) is 3.12. The van der Waals surface area contributed by atoms with E-state index in [4.69, 9.17) is 16.3 Å². The van der Waals surface area contributed by atoms with Gasteiger partial charge in [-0.1, -0.05) is 18.5 Å². The molecule has 1 aromatic carbocycles. The summed E-state index contributed by atoms with van der Waals surface area (Å²) in [5, 5.41) is 0.668. The van der Waals surface area contributed by atoms with E-state index in [0.717, 1.165) is 11.3 Å².